The van der Waals surface area contributed by atoms with Crippen LogP contribution in [0.25, 0.3) is 0 Å². The number of hydrogen-bond acceptors (Lipinski definition) is 7. The number of ether oxygens (including phenoxy) is 1. The van der Waals surface area contributed by atoms with Gasteiger partial charge in [0.15, 0.2) is 0 Å². The quantitative estimate of drug-likeness (QED) is 0.0336. The Bertz CT molecular complexity index is 752. The van der Waals surface area contributed by atoms with E-state index in [-0.39, 0.29) is 77.6 Å². The fourth-order valence-electron chi connectivity index (χ4n) is 2.26. The summed E-state index contributed by atoms with van der Waals surface area (Å²) in [4.78, 5) is 60.6. The molecular formula is C33H76BI6N5O7V2-. The molecule has 331 valence electrons. The van der Waals surface area contributed by atoms with Gasteiger partial charge in [0.2, 0.25) is 24.1 Å². The average Bonchev–Trinajstić information content (AvgIpc) is 2.99. The van der Waals surface area contributed by atoms with Gasteiger partial charge in [0, 0.05) is 75.3 Å². The average molecular weight is 1530 g/mol. The third-order valence-electron chi connectivity index (χ3n) is 4.32. The molecule has 0 aromatic rings. The third-order valence-corrected chi connectivity index (χ3v) is 4.32. The number of carbonyl (C=O) groups is 6. The van der Waals surface area contributed by atoms with Crippen LogP contribution >= 0.6 is 120 Å². The normalized spacial score (nSPS) is 7.87. The van der Waals surface area contributed by atoms with Gasteiger partial charge in [-0.3, -0.25) is 24.0 Å². The number of hydrogen-bond donors (Lipinski definition) is 5. The van der Waals surface area contributed by atoms with Crippen LogP contribution in [0.3, 0.4) is 0 Å². The molecule has 0 aliphatic carbocycles. The Balaban J connectivity index is -0.0000000382. The van der Waals surface area contributed by atoms with E-state index in [1.165, 1.54) is 33.7 Å². The van der Waals surface area contributed by atoms with Gasteiger partial charge < -0.3 is 38.7 Å². The van der Waals surface area contributed by atoms with Crippen LogP contribution in [0, 0.1) is 7.43 Å². The van der Waals surface area contributed by atoms with Gasteiger partial charge in [-0.2, -0.15) is 0 Å². The number of unbranched alkanes of at least 4 members (excludes halogenated alkanes) is 3. The van der Waals surface area contributed by atoms with Crippen molar-refractivity contribution < 1.29 is 43.3 Å². The molecule has 0 fully saturated rings. The Morgan fingerprint density at radius 1 is 0.593 bits per heavy atom. The first-order valence-corrected chi connectivity index (χ1v) is 42.7. The second kappa shape index (κ2) is 83.2. The van der Waals surface area contributed by atoms with E-state index in [2.05, 4.69) is 165 Å². The number of ketones is 1. The Hall–Kier alpha value is 2.43. The molecule has 0 saturated carbocycles. The Morgan fingerprint density at radius 2 is 0.963 bits per heavy atom. The van der Waals surface area contributed by atoms with Crippen LogP contribution in [0.15, 0.2) is 0 Å². The molecule has 0 aromatic carbocycles. The zero-order chi connectivity index (χ0) is 39.9. The Kier molecular flexibility index (Phi) is 135. The number of rotatable bonds is 16. The molecule has 54 heavy (non-hydrogen) atoms. The summed E-state index contributed by atoms with van der Waals surface area (Å²) in [5, 5.41) is 12.8. The molecule has 0 heterocycles. The molecule has 21 heteroatoms. The van der Waals surface area contributed by atoms with Crippen molar-refractivity contribution in [3.63, 3.8) is 0 Å². The fraction of sp³-hybridized carbons (Fsp3) is 0.788. The van der Waals surface area contributed by atoms with E-state index >= 15 is 0 Å². The van der Waals surface area contributed by atoms with Gasteiger partial charge in [0.05, 0.1) is 6.61 Å². The van der Waals surface area contributed by atoms with Gasteiger partial charge in [-0.15, -0.1) is 0 Å². The number of carbonyl (C=O) groups excluding carboxylic acids is 6. The number of alkyl carbamates (subject to hydrolysis) is 1. The summed E-state index contributed by atoms with van der Waals surface area (Å²) in [5.74, 6) is 0.420. The van der Waals surface area contributed by atoms with Crippen molar-refractivity contribution >= 4 is 164 Å². The molecule has 0 unspecified atom stereocenters. The van der Waals surface area contributed by atoms with Gasteiger partial charge in [-0.25, -0.2) is 4.79 Å². The Morgan fingerprint density at radius 3 is 1.20 bits per heavy atom. The minimum atomic E-state index is -0.373. The van der Waals surface area contributed by atoms with Crippen LogP contribution in [0.2, 0.25) is 0 Å². The van der Waals surface area contributed by atoms with E-state index in [0.29, 0.717) is 32.4 Å². The second-order valence-corrected chi connectivity index (χ2v) is 79.7. The molecule has 5 amide bonds. The van der Waals surface area contributed by atoms with Crippen molar-refractivity contribution in [3.8, 4) is 0 Å². The molecule has 0 aromatic heterocycles. The van der Waals surface area contributed by atoms with E-state index in [9.17, 15) is 28.8 Å². The molecule has 5 N–H and O–H groups in total. The van der Waals surface area contributed by atoms with Gasteiger partial charge >= 0.3 is 136 Å². The first kappa shape index (κ1) is 87.8. The maximum atomic E-state index is 10.8. The number of amides is 5. The van der Waals surface area contributed by atoms with Crippen molar-refractivity contribution in [1.82, 2.24) is 26.6 Å². The van der Waals surface area contributed by atoms with Crippen molar-refractivity contribution in [2.75, 3.05) is 39.8 Å². The zero-order valence-corrected chi connectivity index (χ0v) is 47.8. The molecule has 0 saturated heterocycles. The first-order chi connectivity index (χ1) is 22.9. The number of halogens is 6. The van der Waals surface area contributed by atoms with E-state index in [1.54, 1.807) is 13.8 Å². The molecule has 0 aliphatic rings. The van der Waals surface area contributed by atoms with E-state index in [0.717, 1.165) is 51.7 Å². The zero-order valence-electron chi connectivity index (χ0n) is 32.1. The molecule has 0 aliphatic heterocycles. The monoisotopic (exact) mass is 1530 g/mol. The van der Waals surface area contributed by atoms with Crippen LogP contribution < -0.4 is 26.6 Å². The van der Waals surface area contributed by atoms with E-state index in [1.807, 2.05) is 13.8 Å². The summed E-state index contributed by atoms with van der Waals surface area (Å²) < 4.78 is 4.44. The fourth-order valence-corrected chi connectivity index (χ4v) is 2.26. The van der Waals surface area contributed by atoms with Crippen LogP contribution in [0.4, 0.5) is 4.79 Å². The van der Waals surface area contributed by atoms with Crippen molar-refractivity contribution in [2.45, 2.75) is 135 Å². The summed E-state index contributed by atoms with van der Waals surface area (Å²) in [5.41, 5.74) is 0. The first-order valence-electron chi connectivity index (χ1n) is 15.7. The summed E-state index contributed by atoms with van der Waals surface area (Å²) >= 11 is 14.8. The van der Waals surface area contributed by atoms with Crippen LogP contribution in [0.5, 0.6) is 0 Å². The summed E-state index contributed by atoms with van der Waals surface area (Å²) in [6.45, 7) is 18.0. The number of Topliss-reactive ketones (excluding diaryl/α,β-unsaturated/α-hetero) is 1. The molecule has 12 nitrogen and oxygen atoms in total. The Labute approximate surface area is 410 Å². The molecule has 0 rings (SSSR count). The summed E-state index contributed by atoms with van der Waals surface area (Å²) in [6, 6.07) is 0. The van der Waals surface area contributed by atoms with Gasteiger partial charge in [0.25, 0.3) is 0 Å². The second-order valence-electron chi connectivity index (χ2n) is 8.97. The van der Waals surface area contributed by atoms with Crippen molar-refractivity contribution in [2.24, 2.45) is 0 Å². The third kappa shape index (κ3) is 168. The predicted molar refractivity (Wildman–Crippen MR) is 282 cm³/mol. The molecule has 0 bridgehead atoms. The predicted octanol–water partition coefficient (Wildman–Crippen LogP) is 10.9. The topological polar surface area (TPSA) is 172 Å². The van der Waals surface area contributed by atoms with Crippen molar-refractivity contribution in [3.05, 3.63) is 7.43 Å². The summed E-state index contributed by atoms with van der Waals surface area (Å²) in [6.07, 6.45) is 8.98. The SMILES string of the molecule is C.C.C.CCCC(=O)CCNC=O.CCCCCNC(C)=O.CCCCNC(C)=O.CCCNC(C)=O.CCOC(=O)NC.[B].[CH3-].[I][V]([I])[I].[I][V]([I])[I]. The minimum absolute atomic E-state index is 0. The molecule has 3 radical (unpaired) electrons. The van der Waals surface area contributed by atoms with E-state index in [4.69, 9.17) is 0 Å². The maximum absolute atomic E-state index is 10.8. The van der Waals surface area contributed by atoms with Crippen LogP contribution in [-0.4, -0.2) is 84.3 Å². The van der Waals surface area contributed by atoms with Gasteiger partial charge in [-0.1, -0.05) is 69.2 Å². The van der Waals surface area contributed by atoms with Gasteiger partial charge in [-0.05, 0) is 32.6 Å². The van der Waals surface area contributed by atoms with E-state index < -0.39 is 0 Å². The molecule has 0 spiro atoms. The van der Waals surface area contributed by atoms with Crippen LogP contribution in [0.1, 0.15) is 135 Å². The van der Waals surface area contributed by atoms with Crippen LogP contribution in [-0.2, 0) is 38.6 Å². The van der Waals surface area contributed by atoms with Crippen molar-refractivity contribution in [1.29, 1.82) is 0 Å². The van der Waals surface area contributed by atoms with Gasteiger partial charge in [0.1, 0.15) is 5.78 Å². The molecular weight excluding hydrogens is 1450 g/mol. The standard InChI is InChI=1S/C7H13NO2.C7H15NO.C6H13NO.C5H11NO.C4H9NO2.3CH4.CH3.B.6HI.2V/c1-2-3-7(10)4-5-8-6-9;1-3-4-5-6-8-7(2)9;1-3-4-5-7-6(2)8;1-3-4-6-5(2)7;1-3-7-4(6)5-2;;;;;;;;;;;;;/h6H,2-5H2,1H3,(H,8,9);3-6H2,1-2H3,(H,8,9);3-5H2,1-2H3,(H,7,8);3-4H2,1-2H3,(H,6,7);3H2,1-2H3,(H,5,6);3*1H4;1H3;;6*1H;;/q;;;;;;;;-1;;;;;;;;2*+3/p-6. The summed E-state index contributed by atoms with van der Waals surface area (Å²) in [7, 11) is 1.53. The number of nitrogens with one attached hydrogen (secondary N) is 5. The molecule has 0 atom stereocenters.